The second kappa shape index (κ2) is 5.27. The van der Waals surface area contributed by atoms with Gasteiger partial charge in [-0.05, 0) is 12.1 Å². The summed E-state index contributed by atoms with van der Waals surface area (Å²) >= 11 is 0. The number of methoxy groups -OCH3 is 2. The fraction of sp³-hybridized carbons (Fsp3) is 0.154. The number of hydrogen-bond donors (Lipinski definition) is 0. The van der Waals surface area contributed by atoms with E-state index in [9.17, 15) is 4.79 Å². The Morgan fingerprint density at radius 3 is 2.00 bits per heavy atom. The molecule has 0 saturated heterocycles. The first kappa shape index (κ1) is 12.0. The van der Waals surface area contributed by atoms with Crippen molar-refractivity contribution in [3.8, 4) is 11.5 Å². The summed E-state index contributed by atoms with van der Waals surface area (Å²) in [4.78, 5) is 19.8. The standard InChI is InChI=1S/C13H12N2O3/c1-17-11-3-9(4-12(5-11)18-2)13(16)10-6-14-8-15-7-10/h3-8H,1-2H3. The second-order valence-corrected chi connectivity index (χ2v) is 3.56. The Morgan fingerprint density at radius 1 is 0.944 bits per heavy atom. The summed E-state index contributed by atoms with van der Waals surface area (Å²) in [5, 5.41) is 0. The zero-order valence-corrected chi connectivity index (χ0v) is 10.1. The van der Waals surface area contributed by atoms with E-state index < -0.39 is 0 Å². The highest BCUT2D eigenvalue weighted by Gasteiger charge is 2.12. The Morgan fingerprint density at radius 2 is 1.50 bits per heavy atom. The van der Waals surface area contributed by atoms with Gasteiger partial charge in [-0.3, -0.25) is 4.79 Å². The predicted molar refractivity (Wildman–Crippen MR) is 65.0 cm³/mol. The zero-order valence-electron chi connectivity index (χ0n) is 10.1. The van der Waals surface area contributed by atoms with Crippen LogP contribution >= 0.6 is 0 Å². The van der Waals surface area contributed by atoms with E-state index in [-0.39, 0.29) is 5.78 Å². The van der Waals surface area contributed by atoms with Gasteiger partial charge in [0.2, 0.25) is 0 Å². The summed E-state index contributed by atoms with van der Waals surface area (Å²) in [5.74, 6) is 0.955. The average Bonchev–Trinajstić information content (AvgIpc) is 2.46. The van der Waals surface area contributed by atoms with Crippen LogP contribution in [0.4, 0.5) is 0 Å². The van der Waals surface area contributed by atoms with E-state index in [1.165, 1.54) is 32.9 Å². The Kier molecular flexibility index (Phi) is 3.52. The summed E-state index contributed by atoms with van der Waals surface area (Å²) < 4.78 is 10.2. The van der Waals surface area contributed by atoms with Crippen molar-refractivity contribution in [3.63, 3.8) is 0 Å². The zero-order chi connectivity index (χ0) is 13.0. The molecule has 5 heteroatoms. The third-order valence-corrected chi connectivity index (χ3v) is 2.44. The van der Waals surface area contributed by atoms with Crippen LogP contribution in [0.15, 0.2) is 36.9 Å². The van der Waals surface area contributed by atoms with Crippen molar-refractivity contribution in [2.75, 3.05) is 14.2 Å². The smallest absolute Gasteiger partial charge is 0.196 e. The number of carbonyl (C=O) groups excluding carboxylic acids is 1. The Labute approximate surface area is 104 Å². The van der Waals surface area contributed by atoms with Gasteiger partial charge in [0, 0.05) is 24.0 Å². The van der Waals surface area contributed by atoms with Gasteiger partial charge < -0.3 is 9.47 Å². The minimum absolute atomic E-state index is 0.173. The molecule has 0 radical (unpaired) electrons. The highest BCUT2D eigenvalue weighted by Crippen LogP contribution is 2.23. The number of ketones is 1. The molecule has 5 nitrogen and oxygen atoms in total. The third kappa shape index (κ3) is 2.45. The van der Waals surface area contributed by atoms with Crippen LogP contribution in [0.25, 0.3) is 0 Å². The van der Waals surface area contributed by atoms with Gasteiger partial charge in [-0.2, -0.15) is 0 Å². The van der Waals surface area contributed by atoms with Crippen molar-refractivity contribution in [1.29, 1.82) is 0 Å². The summed E-state index contributed by atoms with van der Waals surface area (Å²) in [6.07, 6.45) is 4.32. The lowest BCUT2D eigenvalue weighted by Gasteiger charge is -2.07. The predicted octanol–water partition coefficient (Wildman–Crippen LogP) is 1.72. The van der Waals surface area contributed by atoms with E-state index in [0.29, 0.717) is 22.6 Å². The molecule has 2 aromatic rings. The molecule has 0 bridgehead atoms. The minimum Gasteiger partial charge on any atom is -0.497 e. The van der Waals surface area contributed by atoms with Crippen LogP contribution in [0.1, 0.15) is 15.9 Å². The third-order valence-electron chi connectivity index (χ3n) is 2.44. The maximum atomic E-state index is 12.2. The SMILES string of the molecule is COc1cc(OC)cc(C(=O)c2cncnc2)c1. The molecule has 0 spiro atoms. The van der Waals surface area contributed by atoms with Gasteiger partial charge in [0.15, 0.2) is 5.78 Å². The summed E-state index contributed by atoms with van der Waals surface area (Å²) in [5.41, 5.74) is 0.897. The fourth-order valence-corrected chi connectivity index (χ4v) is 1.52. The molecule has 0 aliphatic rings. The lowest BCUT2D eigenvalue weighted by molar-refractivity contribution is 0.103. The molecule has 2 rings (SSSR count). The van der Waals surface area contributed by atoms with Crippen LogP contribution in [0.3, 0.4) is 0 Å². The largest absolute Gasteiger partial charge is 0.497 e. The number of aromatic nitrogens is 2. The van der Waals surface area contributed by atoms with Crippen molar-refractivity contribution in [1.82, 2.24) is 9.97 Å². The molecule has 92 valence electrons. The first-order chi connectivity index (χ1) is 8.74. The summed E-state index contributed by atoms with van der Waals surface area (Å²) in [6, 6.07) is 5.01. The van der Waals surface area contributed by atoms with Gasteiger partial charge >= 0.3 is 0 Å². The first-order valence-electron chi connectivity index (χ1n) is 5.27. The van der Waals surface area contributed by atoms with Crippen molar-refractivity contribution in [3.05, 3.63) is 48.0 Å². The molecule has 0 unspecified atom stereocenters. The number of rotatable bonds is 4. The number of hydrogen-bond acceptors (Lipinski definition) is 5. The molecule has 0 saturated carbocycles. The topological polar surface area (TPSA) is 61.3 Å². The summed E-state index contributed by atoms with van der Waals surface area (Å²) in [7, 11) is 3.07. The minimum atomic E-state index is -0.173. The normalized spacial score (nSPS) is 9.89. The lowest BCUT2D eigenvalue weighted by atomic mass is 10.1. The molecule has 0 atom stereocenters. The van der Waals surface area contributed by atoms with E-state index >= 15 is 0 Å². The van der Waals surface area contributed by atoms with Crippen LogP contribution in [0.5, 0.6) is 11.5 Å². The molecule has 1 heterocycles. The van der Waals surface area contributed by atoms with Gasteiger partial charge in [0.1, 0.15) is 17.8 Å². The Balaban J connectivity index is 2.41. The molecule has 18 heavy (non-hydrogen) atoms. The molecule has 1 aromatic heterocycles. The van der Waals surface area contributed by atoms with E-state index in [1.807, 2.05) is 0 Å². The van der Waals surface area contributed by atoms with Crippen molar-refractivity contribution in [2.24, 2.45) is 0 Å². The van der Waals surface area contributed by atoms with Crippen LogP contribution in [-0.2, 0) is 0 Å². The maximum Gasteiger partial charge on any atom is 0.196 e. The van der Waals surface area contributed by atoms with Crippen molar-refractivity contribution in [2.45, 2.75) is 0 Å². The van der Waals surface area contributed by atoms with Gasteiger partial charge in [0.25, 0.3) is 0 Å². The molecule has 0 aliphatic heterocycles. The molecule has 0 aliphatic carbocycles. The average molecular weight is 244 g/mol. The van der Waals surface area contributed by atoms with Crippen LogP contribution in [0.2, 0.25) is 0 Å². The van der Waals surface area contributed by atoms with E-state index in [1.54, 1.807) is 18.2 Å². The maximum absolute atomic E-state index is 12.2. The second-order valence-electron chi connectivity index (χ2n) is 3.56. The molecular weight excluding hydrogens is 232 g/mol. The fourth-order valence-electron chi connectivity index (χ4n) is 1.52. The Hall–Kier alpha value is -2.43. The van der Waals surface area contributed by atoms with Crippen molar-refractivity contribution < 1.29 is 14.3 Å². The van der Waals surface area contributed by atoms with E-state index in [2.05, 4.69) is 9.97 Å². The van der Waals surface area contributed by atoms with E-state index in [4.69, 9.17) is 9.47 Å². The number of ether oxygens (including phenoxy) is 2. The van der Waals surface area contributed by atoms with Crippen LogP contribution < -0.4 is 9.47 Å². The number of carbonyl (C=O) groups is 1. The number of benzene rings is 1. The van der Waals surface area contributed by atoms with E-state index in [0.717, 1.165) is 0 Å². The number of nitrogens with zero attached hydrogens (tertiary/aromatic N) is 2. The highest BCUT2D eigenvalue weighted by molar-refractivity contribution is 6.09. The molecular formula is C13H12N2O3. The quantitative estimate of drug-likeness (QED) is 0.766. The molecule has 0 fully saturated rings. The first-order valence-corrected chi connectivity index (χ1v) is 5.27. The monoisotopic (exact) mass is 244 g/mol. The van der Waals surface area contributed by atoms with Crippen LogP contribution in [-0.4, -0.2) is 30.0 Å². The van der Waals surface area contributed by atoms with Gasteiger partial charge in [-0.15, -0.1) is 0 Å². The molecule has 0 amide bonds. The summed E-state index contributed by atoms with van der Waals surface area (Å²) in [6.45, 7) is 0. The highest BCUT2D eigenvalue weighted by atomic mass is 16.5. The van der Waals surface area contributed by atoms with Gasteiger partial charge in [0.05, 0.1) is 19.8 Å². The van der Waals surface area contributed by atoms with Gasteiger partial charge in [-0.25, -0.2) is 9.97 Å². The Bertz CT molecular complexity index is 533. The lowest BCUT2D eigenvalue weighted by Crippen LogP contribution is -2.03. The molecule has 1 aromatic carbocycles. The van der Waals surface area contributed by atoms with Crippen molar-refractivity contribution >= 4 is 5.78 Å². The van der Waals surface area contributed by atoms with Gasteiger partial charge in [-0.1, -0.05) is 0 Å². The van der Waals surface area contributed by atoms with Crippen LogP contribution in [0, 0.1) is 0 Å². The molecule has 0 N–H and O–H groups in total.